The number of hydrogen-bond donors (Lipinski definition) is 4. The molecule has 2 atom stereocenters. The maximum atomic E-state index is 13.7. The molecule has 5 rings (SSSR count). The number of carbonyl (C=O) groups excluding carboxylic acids is 2. The summed E-state index contributed by atoms with van der Waals surface area (Å²) in [6.07, 6.45) is 1.26. The smallest absolute Gasteiger partial charge is 0.408 e. The van der Waals surface area contributed by atoms with Crippen molar-refractivity contribution in [1.29, 1.82) is 0 Å². The first-order chi connectivity index (χ1) is 18.4. The van der Waals surface area contributed by atoms with E-state index in [2.05, 4.69) is 15.6 Å². The number of alkyl carbamates (subject to hydrolysis) is 1. The Bertz CT molecular complexity index is 1530. The molecule has 0 aliphatic heterocycles. The quantitative estimate of drug-likeness (QED) is 0.222. The first-order valence-corrected chi connectivity index (χ1v) is 12.4. The van der Waals surface area contributed by atoms with E-state index < -0.39 is 23.6 Å². The molecule has 2 unspecified atom stereocenters. The molecule has 2 amide bonds. The standard InChI is InChI=1S/C30H29N3O5/c1-30(16-22-17-31-25-13-7-6-12-24(22)25,28(35)32-26(18-34)20-9-3-2-4-10-20)33-29(36)37-19-23-15-21-11-5-8-14-27(21)38-23/h2-15,17,26,31,34H,16,18-19H2,1H3,(H,32,35)(H,33,36). The van der Waals surface area contributed by atoms with Crippen LogP contribution in [0.15, 0.2) is 95.5 Å². The number of H-pyrrole nitrogens is 1. The molecule has 4 N–H and O–H groups in total. The predicted molar refractivity (Wildman–Crippen MR) is 144 cm³/mol. The van der Waals surface area contributed by atoms with Gasteiger partial charge in [0.2, 0.25) is 5.91 Å². The predicted octanol–water partition coefficient (Wildman–Crippen LogP) is 4.99. The zero-order valence-corrected chi connectivity index (χ0v) is 20.9. The number of aliphatic hydroxyl groups is 1. The summed E-state index contributed by atoms with van der Waals surface area (Å²) in [7, 11) is 0. The second kappa shape index (κ2) is 10.8. The summed E-state index contributed by atoms with van der Waals surface area (Å²) in [6.45, 7) is 1.26. The van der Waals surface area contributed by atoms with Crippen molar-refractivity contribution in [2.45, 2.75) is 31.5 Å². The van der Waals surface area contributed by atoms with E-state index in [1.165, 1.54) is 0 Å². The number of ether oxygens (including phenoxy) is 1. The minimum atomic E-state index is -1.39. The van der Waals surface area contributed by atoms with Gasteiger partial charge in [-0.2, -0.15) is 0 Å². The molecule has 0 saturated carbocycles. The summed E-state index contributed by atoms with van der Waals surface area (Å²) in [5.41, 5.74) is 1.85. The fourth-order valence-electron chi connectivity index (χ4n) is 4.58. The molecule has 0 bridgehead atoms. The second-order valence-corrected chi connectivity index (χ2v) is 9.44. The summed E-state index contributed by atoms with van der Waals surface area (Å²) in [5.74, 6) is 0.0416. The minimum absolute atomic E-state index is 0.0887. The van der Waals surface area contributed by atoms with Crippen LogP contribution >= 0.6 is 0 Å². The molecule has 38 heavy (non-hydrogen) atoms. The van der Waals surface area contributed by atoms with E-state index in [4.69, 9.17) is 9.15 Å². The van der Waals surface area contributed by atoms with Gasteiger partial charge in [0.15, 0.2) is 6.61 Å². The van der Waals surface area contributed by atoms with Crippen LogP contribution < -0.4 is 10.6 Å². The van der Waals surface area contributed by atoms with Crippen molar-refractivity contribution in [3.8, 4) is 0 Å². The summed E-state index contributed by atoms with van der Waals surface area (Å²) >= 11 is 0. The number of benzene rings is 3. The molecule has 3 aromatic carbocycles. The average Bonchev–Trinajstić information content (AvgIpc) is 3.54. The number of para-hydroxylation sites is 2. The number of hydrogen-bond acceptors (Lipinski definition) is 5. The van der Waals surface area contributed by atoms with Gasteiger partial charge >= 0.3 is 6.09 Å². The molecule has 8 nitrogen and oxygen atoms in total. The number of fused-ring (bicyclic) bond motifs is 2. The van der Waals surface area contributed by atoms with Crippen LogP contribution in [0.2, 0.25) is 0 Å². The van der Waals surface area contributed by atoms with Crippen molar-refractivity contribution >= 4 is 33.9 Å². The van der Waals surface area contributed by atoms with Gasteiger partial charge in [-0.15, -0.1) is 0 Å². The van der Waals surface area contributed by atoms with Crippen molar-refractivity contribution in [1.82, 2.24) is 15.6 Å². The molecule has 2 heterocycles. The molecule has 5 aromatic rings. The van der Waals surface area contributed by atoms with Crippen LogP contribution in [0.5, 0.6) is 0 Å². The molecule has 0 radical (unpaired) electrons. The minimum Gasteiger partial charge on any atom is -0.457 e. The van der Waals surface area contributed by atoms with Gasteiger partial charge in [0.05, 0.1) is 12.6 Å². The molecule has 0 aliphatic rings. The maximum Gasteiger partial charge on any atom is 0.408 e. The van der Waals surface area contributed by atoms with E-state index >= 15 is 0 Å². The van der Waals surface area contributed by atoms with Crippen molar-refractivity contribution in [2.24, 2.45) is 0 Å². The first-order valence-electron chi connectivity index (χ1n) is 12.4. The average molecular weight is 512 g/mol. The lowest BCUT2D eigenvalue weighted by atomic mass is 9.91. The van der Waals surface area contributed by atoms with E-state index in [0.29, 0.717) is 11.3 Å². The molecule has 8 heteroatoms. The van der Waals surface area contributed by atoms with Crippen LogP contribution in [0.1, 0.15) is 29.9 Å². The monoisotopic (exact) mass is 511 g/mol. The second-order valence-electron chi connectivity index (χ2n) is 9.44. The number of furan rings is 1. The fourth-order valence-corrected chi connectivity index (χ4v) is 4.58. The normalized spacial score (nSPS) is 13.6. The van der Waals surface area contributed by atoms with Crippen molar-refractivity contribution in [2.75, 3.05) is 6.61 Å². The van der Waals surface area contributed by atoms with Gasteiger partial charge in [-0.3, -0.25) is 4.79 Å². The maximum absolute atomic E-state index is 13.7. The Morgan fingerprint density at radius 3 is 2.55 bits per heavy atom. The highest BCUT2D eigenvalue weighted by Gasteiger charge is 2.37. The van der Waals surface area contributed by atoms with Gasteiger partial charge in [0.25, 0.3) is 0 Å². The molecular formula is C30H29N3O5. The molecular weight excluding hydrogens is 482 g/mol. The first kappa shape index (κ1) is 25.1. The Morgan fingerprint density at radius 1 is 1.03 bits per heavy atom. The largest absolute Gasteiger partial charge is 0.457 e. The van der Waals surface area contributed by atoms with Gasteiger partial charge in [-0.05, 0) is 36.2 Å². The van der Waals surface area contributed by atoms with Crippen LogP contribution in [0, 0.1) is 0 Å². The molecule has 0 fully saturated rings. The van der Waals surface area contributed by atoms with Gasteiger partial charge < -0.3 is 29.9 Å². The Balaban J connectivity index is 1.36. The van der Waals surface area contributed by atoms with E-state index in [9.17, 15) is 14.7 Å². The number of aliphatic hydroxyl groups excluding tert-OH is 1. The topological polar surface area (TPSA) is 117 Å². The zero-order chi connectivity index (χ0) is 26.5. The number of amides is 2. The molecule has 0 saturated heterocycles. The van der Waals surface area contributed by atoms with E-state index in [-0.39, 0.29) is 19.6 Å². The summed E-state index contributed by atoms with van der Waals surface area (Å²) in [6, 6.07) is 25.6. The van der Waals surface area contributed by atoms with Crippen molar-refractivity contribution in [3.05, 3.63) is 108 Å². The summed E-state index contributed by atoms with van der Waals surface area (Å²) in [5, 5.41) is 17.5. The number of carbonyl (C=O) groups is 2. The van der Waals surface area contributed by atoms with Crippen LogP contribution in [0.4, 0.5) is 4.79 Å². The van der Waals surface area contributed by atoms with E-state index in [1.54, 1.807) is 6.92 Å². The lowest BCUT2D eigenvalue weighted by Crippen LogP contribution is -2.59. The summed E-state index contributed by atoms with van der Waals surface area (Å²) in [4.78, 5) is 29.8. The Hall–Kier alpha value is -4.56. The lowest BCUT2D eigenvalue weighted by Gasteiger charge is -2.31. The Labute approximate surface area is 219 Å². The molecule has 2 aromatic heterocycles. The van der Waals surface area contributed by atoms with Gasteiger partial charge in [0, 0.05) is 28.9 Å². The van der Waals surface area contributed by atoms with Crippen LogP contribution in [0.25, 0.3) is 21.9 Å². The van der Waals surface area contributed by atoms with Crippen LogP contribution in [0.3, 0.4) is 0 Å². The third-order valence-electron chi connectivity index (χ3n) is 6.61. The van der Waals surface area contributed by atoms with E-state index in [0.717, 1.165) is 27.4 Å². The highest BCUT2D eigenvalue weighted by Crippen LogP contribution is 2.25. The SMILES string of the molecule is CC(Cc1c[nH]c2ccccc12)(NC(=O)OCc1cc2ccccc2o1)C(=O)NC(CO)c1ccccc1. The Morgan fingerprint density at radius 2 is 1.76 bits per heavy atom. The third kappa shape index (κ3) is 5.40. The molecule has 0 spiro atoms. The highest BCUT2D eigenvalue weighted by molar-refractivity contribution is 5.92. The van der Waals surface area contributed by atoms with Crippen LogP contribution in [-0.2, 0) is 22.6 Å². The Kier molecular flexibility index (Phi) is 7.15. The van der Waals surface area contributed by atoms with E-state index in [1.807, 2.05) is 91.1 Å². The van der Waals surface area contributed by atoms with Gasteiger partial charge in [-0.1, -0.05) is 66.7 Å². The number of nitrogens with one attached hydrogen (secondary N) is 3. The highest BCUT2D eigenvalue weighted by atomic mass is 16.6. The van der Waals surface area contributed by atoms with Crippen molar-refractivity contribution < 1.29 is 23.8 Å². The summed E-state index contributed by atoms with van der Waals surface area (Å²) < 4.78 is 11.2. The number of rotatable bonds is 9. The number of aromatic nitrogens is 1. The molecule has 194 valence electrons. The zero-order valence-electron chi connectivity index (χ0n) is 20.9. The van der Waals surface area contributed by atoms with Crippen LogP contribution in [-0.4, -0.2) is 34.2 Å². The fraction of sp³-hybridized carbons (Fsp3) is 0.200. The van der Waals surface area contributed by atoms with Gasteiger partial charge in [-0.25, -0.2) is 4.79 Å². The molecule has 0 aliphatic carbocycles. The third-order valence-corrected chi connectivity index (χ3v) is 6.61. The number of aromatic amines is 1. The van der Waals surface area contributed by atoms with Crippen molar-refractivity contribution in [3.63, 3.8) is 0 Å². The van der Waals surface area contributed by atoms with Gasteiger partial charge in [0.1, 0.15) is 16.9 Å². The lowest BCUT2D eigenvalue weighted by molar-refractivity contribution is -0.128.